The Morgan fingerprint density at radius 1 is 0.229 bits per heavy atom. The zero-order chi connectivity index (χ0) is 34.7. The van der Waals surface area contributed by atoms with E-state index >= 15 is 0 Å². The summed E-state index contributed by atoms with van der Waals surface area (Å²) in [5, 5.41) is 0. The number of hydrogen-bond acceptors (Lipinski definition) is 2. The Labute approximate surface area is 306 Å². The van der Waals surface area contributed by atoms with Gasteiger partial charge in [0.25, 0.3) is 0 Å². The van der Waals surface area contributed by atoms with Crippen LogP contribution in [0.4, 0.5) is 0 Å². The van der Waals surface area contributed by atoms with Crippen LogP contribution in [0.2, 0.25) is 0 Å². The van der Waals surface area contributed by atoms with Crippen molar-refractivity contribution in [3.8, 4) is 0 Å². The zero-order valence-corrected chi connectivity index (χ0v) is 34.1. The summed E-state index contributed by atoms with van der Waals surface area (Å²) in [5.74, 6) is 0. The Morgan fingerprint density at radius 3 is 0.583 bits per heavy atom. The molecule has 0 aromatic carbocycles. The van der Waals surface area contributed by atoms with Crippen molar-refractivity contribution in [1.82, 2.24) is 4.90 Å². The van der Waals surface area contributed by atoms with Gasteiger partial charge in [-0.2, -0.15) is 0 Å². The quantitative estimate of drug-likeness (QED) is 0.0651. The maximum absolute atomic E-state index is 5.59. The largest absolute Gasteiger partial charge is 0.330 e. The first-order valence-electron chi connectivity index (χ1n) is 23.3. The molecule has 0 aliphatic carbocycles. The molecule has 2 heteroatoms. The van der Waals surface area contributed by atoms with E-state index in [0.717, 1.165) is 6.54 Å². The molecule has 0 unspecified atom stereocenters. The first-order valence-corrected chi connectivity index (χ1v) is 23.3. The summed E-state index contributed by atoms with van der Waals surface area (Å²) in [6, 6.07) is 0. The second kappa shape index (κ2) is 44.9. The zero-order valence-electron chi connectivity index (χ0n) is 34.1. The highest BCUT2D eigenvalue weighted by atomic mass is 15.1. The molecule has 0 saturated heterocycles. The maximum Gasteiger partial charge on any atom is -0.00187 e. The fourth-order valence-corrected chi connectivity index (χ4v) is 7.64. The van der Waals surface area contributed by atoms with Crippen LogP contribution in [0.5, 0.6) is 0 Å². The maximum atomic E-state index is 5.59. The van der Waals surface area contributed by atoms with Crippen molar-refractivity contribution >= 4 is 0 Å². The van der Waals surface area contributed by atoms with Gasteiger partial charge in [-0.05, 0) is 51.9 Å². The van der Waals surface area contributed by atoms with Crippen LogP contribution in [0.1, 0.15) is 271 Å². The molecule has 0 aromatic heterocycles. The molecule has 0 radical (unpaired) electrons. The van der Waals surface area contributed by atoms with Crippen molar-refractivity contribution in [2.45, 2.75) is 271 Å². The smallest absolute Gasteiger partial charge is 0.00187 e. The molecule has 0 aromatic rings. The van der Waals surface area contributed by atoms with Crippen LogP contribution in [0.15, 0.2) is 0 Å². The standard InChI is InChI=1S/C46H96N2/c1-3-5-7-9-11-13-15-24-28-32-36-40-44-48(45-41-37-33-29-25-16-14-12-10-8-6-4-2)46-42-38-34-30-26-22-20-18-17-19-21-23-27-31-35-39-43-47/h3-47H2,1-2H3. The van der Waals surface area contributed by atoms with Crippen LogP contribution in [0.25, 0.3) is 0 Å². The lowest BCUT2D eigenvalue weighted by Crippen LogP contribution is -2.27. The van der Waals surface area contributed by atoms with Crippen molar-refractivity contribution in [1.29, 1.82) is 0 Å². The normalized spacial score (nSPS) is 11.8. The second-order valence-electron chi connectivity index (χ2n) is 16.1. The van der Waals surface area contributed by atoms with E-state index in [1.165, 1.54) is 276 Å². The molecular weight excluding hydrogens is 581 g/mol. The van der Waals surface area contributed by atoms with Crippen LogP contribution in [-0.4, -0.2) is 31.1 Å². The summed E-state index contributed by atoms with van der Waals surface area (Å²) >= 11 is 0. The highest BCUT2D eigenvalue weighted by Gasteiger charge is 2.05. The van der Waals surface area contributed by atoms with E-state index in [4.69, 9.17) is 5.73 Å². The first kappa shape index (κ1) is 47.9. The lowest BCUT2D eigenvalue weighted by molar-refractivity contribution is 0.254. The molecule has 0 fully saturated rings. The lowest BCUT2D eigenvalue weighted by Gasteiger charge is -2.22. The molecule has 0 atom stereocenters. The minimum absolute atomic E-state index is 0.873. The fourth-order valence-electron chi connectivity index (χ4n) is 7.64. The molecular formula is C46H96N2. The Balaban J connectivity index is 3.88. The Kier molecular flexibility index (Phi) is 44.9. The Hall–Kier alpha value is -0.0800. The second-order valence-corrected chi connectivity index (χ2v) is 16.1. The molecule has 0 spiro atoms. The number of rotatable bonds is 44. The molecule has 0 rings (SSSR count). The van der Waals surface area contributed by atoms with Gasteiger partial charge in [-0.3, -0.25) is 0 Å². The highest BCUT2D eigenvalue weighted by Crippen LogP contribution is 2.16. The molecule has 0 heterocycles. The van der Waals surface area contributed by atoms with Crippen molar-refractivity contribution in [2.75, 3.05) is 26.2 Å². The van der Waals surface area contributed by atoms with Crippen LogP contribution >= 0.6 is 0 Å². The molecule has 2 nitrogen and oxygen atoms in total. The van der Waals surface area contributed by atoms with Crippen molar-refractivity contribution < 1.29 is 0 Å². The van der Waals surface area contributed by atoms with Gasteiger partial charge in [-0.15, -0.1) is 0 Å². The van der Waals surface area contributed by atoms with E-state index in [2.05, 4.69) is 18.7 Å². The van der Waals surface area contributed by atoms with Gasteiger partial charge < -0.3 is 10.6 Å². The van der Waals surface area contributed by atoms with E-state index in [1.54, 1.807) is 0 Å². The molecule has 0 bridgehead atoms. The van der Waals surface area contributed by atoms with Gasteiger partial charge in [0.2, 0.25) is 0 Å². The summed E-state index contributed by atoms with van der Waals surface area (Å²) in [4.78, 5) is 2.87. The SMILES string of the molecule is CCCCCCCCCCCCCCN(CCCCCCCCCCCCCC)CCCCCCCCCCCCCCCCCCN. The van der Waals surface area contributed by atoms with E-state index in [9.17, 15) is 0 Å². The van der Waals surface area contributed by atoms with Gasteiger partial charge in [-0.25, -0.2) is 0 Å². The minimum atomic E-state index is 0.873. The van der Waals surface area contributed by atoms with Crippen LogP contribution < -0.4 is 5.73 Å². The highest BCUT2D eigenvalue weighted by molar-refractivity contribution is 4.61. The first-order chi connectivity index (χ1) is 23.8. The molecule has 0 aliphatic heterocycles. The summed E-state index contributed by atoms with van der Waals surface area (Å²) in [7, 11) is 0. The van der Waals surface area contributed by atoms with Crippen LogP contribution in [0, 0.1) is 0 Å². The number of hydrogen-bond donors (Lipinski definition) is 1. The van der Waals surface area contributed by atoms with E-state index < -0.39 is 0 Å². The van der Waals surface area contributed by atoms with Crippen LogP contribution in [-0.2, 0) is 0 Å². The predicted octanol–water partition coefficient (Wildman–Crippen LogP) is 15.9. The number of nitrogens with zero attached hydrogens (tertiary/aromatic N) is 1. The van der Waals surface area contributed by atoms with E-state index in [1.807, 2.05) is 0 Å². The average Bonchev–Trinajstić information content (AvgIpc) is 3.10. The lowest BCUT2D eigenvalue weighted by atomic mass is 10.0. The summed E-state index contributed by atoms with van der Waals surface area (Å²) in [6.07, 6.45) is 57.9. The van der Waals surface area contributed by atoms with Gasteiger partial charge in [0.1, 0.15) is 0 Å². The third kappa shape index (κ3) is 42.1. The minimum Gasteiger partial charge on any atom is -0.330 e. The molecule has 2 N–H and O–H groups in total. The topological polar surface area (TPSA) is 29.3 Å². The average molecular weight is 677 g/mol. The summed E-state index contributed by atoms with van der Waals surface area (Å²) < 4.78 is 0. The molecule has 290 valence electrons. The van der Waals surface area contributed by atoms with Gasteiger partial charge in [-0.1, -0.05) is 245 Å². The van der Waals surface area contributed by atoms with Crippen LogP contribution in [0.3, 0.4) is 0 Å². The van der Waals surface area contributed by atoms with E-state index in [-0.39, 0.29) is 0 Å². The Bertz CT molecular complexity index is 506. The molecule has 48 heavy (non-hydrogen) atoms. The van der Waals surface area contributed by atoms with Crippen molar-refractivity contribution in [3.05, 3.63) is 0 Å². The van der Waals surface area contributed by atoms with Gasteiger partial charge in [0.15, 0.2) is 0 Å². The van der Waals surface area contributed by atoms with Gasteiger partial charge >= 0.3 is 0 Å². The summed E-state index contributed by atoms with van der Waals surface area (Å²) in [5.41, 5.74) is 5.59. The number of nitrogens with two attached hydrogens (primary N) is 1. The van der Waals surface area contributed by atoms with E-state index in [0.29, 0.717) is 0 Å². The van der Waals surface area contributed by atoms with Gasteiger partial charge in [0, 0.05) is 0 Å². The third-order valence-corrected chi connectivity index (χ3v) is 11.1. The molecule has 0 amide bonds. The molecule has 0 aliphatic rings. The predicted molar refractivity (Wildman–Crippen MR) is 222 cm³/mol. The van der Waals surface area contributed by atoms with Gasteiger partial charge in [0.05, 0.1) is 0 Å². The number of unbranched alkanes of at least 4 members (excludes halogenated alkanes) is 37. The van der Waals surface area contributed by atoms with Crippen molar-refractivity contribution in [2.24, 2.45) is 5.73 Å². The molecule has 0 saturated carbocycles. The summed E-state index contributed by atoms with van der Waals surface area (Å²) in [6.45, 7) is 9.60. The fraction of sp³-hybridized carbons (Fsp3) is 1.00. The Morgan fingerprint density at radius 2 is 0.396 bits per heavy atom. The monoisotopic (exact) mass is 677 g/mol. The third-order valence-electron chi connectivity index (χ3n) is 11.1. The van der Waals surface area contributed by atoms with Crippen molar-refractivity contribution in [3.63, 3.8) is 0 Å².